The van der Waals surface area contributed by atoms with Gasteiger partial charge in [0.2, 0.25) is 5.16 Å². The molecule has 0 N–H and O–H groups in total. The van der Waals surface area contributed by atoms with Gasteiger partial charge in [0.15, 0.2) is 5.78 Å². The Bertz CT molecular complexity index is 1020. The molecule has 1 unspecified atom stereocenters. The summed E-state index contributed by atoms with van der Waals surface area (Å²) in [5.74, 6) is 0.971. The zero-order chi connectivity index (χ0) is 17.4. The zero-order valence-corrected chi connectivity index (χ0v) is 14.5. The summed E-state index contributed by atoms with van der Waals surface area (Å²) in [4.78, 5) is 21.3. The van der Waals surface area contributed by atoms with Crippen LogP contribution in [-0.4, -0.2) is 31.1 Å². The molecule has 1 aromatic carbocycles. The lowest BCUT2D eigenvalue weighted by molar-refractivity contribution is 0.0962. The van der Waals surface area contributed by atoms with E-state index in [1.165, 1.54) is 22.9 Å². The van der Waals surface area contributed by atoms with E-state index >= 15 is 0 Å². The molecule has 1 atom stereocenters. The van der Waals surface area contributed by atoms with E-state index in [9.17, 15) is 4.79 Å². The molecular formula is C18H15N5OS. The van der Waals surface area contributed by atoms with E-state index in [0.717, 1.165) is 12.1 Å². The number of aryl methyl sites for hydroxylation is 1. The average molecular weight is 349 g/mol. The molecule has 2 aromatic heterocycles. The molecule has 0 fully saturated rings. The predicted octanol–water partition coefficient (Wildman–Crippen LogP) is 2.96. The van der Waals surface area contributed by atoms with Crippen LogP contribution in [0.25, 0.3) is 5.78 Å². The van der Waals surface area contributed by atoms with Crippen molar-refractivity contribution in [3.63, 3.8) is 0 Å². The molecule has 7 heteroatoms. The number of nitrogens with zero attached hydrogens (tertiary/aromatic N) is 5. The van der Waals surface area contributed by atoms with Crippen LogP contribution in [0.4, 0.5) is 0 Å². The summed E-state index contributed by atoms with van der Waals surface area (Å²) in [6.45, 7) is 2.07. The number of nitriles is 1. The van der Waals surface area contributed by atoms with Crippen molar-refractivity contribution in [1.29, 1.82) is 5.26 Å². The number of hydrogen-bond acceptors (Lipinski definition) is 6. The molecule has 124 valence electrons. The highest BCUT2D eigenvalue weighted by atomic mass is 32.2. The van der Waals surface area contributed by atoms with Crippen LogP contribution in [0.5, 0.6) is 0 Å². The fraction of sp³-hybridized carbons (Fsp3) is 0.278. The van der Waals surface area contributed by atoms with Crippen LogP contribution >= 0.6 is 11.8 Å². The minimum atomic E-state index is 0.0885. The van der Waals surface area contributed by atoms with E-state index in [1.807, 2.05) is 12.1 Å². The monoisotopic (exact) mass is 349 g/mol. The van der Waals surface area contributed by atoms with Crippen molar-refractivity contribution in [2.45, 2.75) is 30.8 Å². The van der Waals surface area contributed by atoms with Crippen molar-refractivity contribution >= 4 is 23.3 Å². The van der Waals surface area contributed by atoms with Crippen LogP contribution in [0.3, 0.4) is 0 Å². The number of aromatic nitrogens is 4. The van der Waals surface area contributed by atoms with Crippen LogP contribution in [-0.2, 0) is 6.42 Å². The molecular weight excluding hydrogens is 334 g/mol. The van der Waals surface area contributed by atoms with Crippen LogP contribution in [0.15, 0.2) is 35.6 Å². The van der Waals surface area contributed by atoms with Crippen molar-refractivity contribution in [3.8, 4) is 6.07 Å². The van der Waals surface area contributed by atoms with Gasteiger partial charge in [-0.1, -0.05) is 36.0 Å². The van der Waals surface area contributed by atoms with E-state index in [1.54, 1.807) is 10.7 Å². The third-order valence-electron chi connectivity index (χ3n) is 4.51. The van der Waals surface area contributed by atoms with E-state index in [4.69, 9.17) is 5.26 Å². The number of carbonyl (C=O) groups excluding carboxylic acids is 1. The van der Waals surface area contributed by atoms with E-state index in [2.05, 4.69) is 40.2 Å². The third kappa shape index (κ3) is 2.79. The fourth-order valence-electron chi connectivity index (χ4n) is 3.35. The fourth-order valence-corrected chi connectivity index (χ4v) is 3.83. The Morgan fingerprint density at radius 2 is 2.20 bits per heavy atom. The first-order valence-electron chi connectivity index (χ1n) is 8.00. The number of ketones is 1. The lowest BCUT2D eigenvalue weighted by Crippen LogP contribution is -2.23. The van der Waals surface area contributed by atoms with Gasteiger partial charge < -0.3 is 0 Å². The van der Waals surface area contributed by atoms with Gasteiger partial charge in [-0.2, -0.15) is 14.8 Å². The van der Waals surface area contributed by atoms with Gasteiger partial charge in [0.25, 0.3) is 5.78 Å². The molecule has 0 radical (unpaired) electrons. The maximum absolute atomic E-state index is 12.7. The first kappa shape index (κ1) is 15.8. The molecule has 6 nitrogen and oxygen atoms in total. The number of Topliss-reactive ketones (excluding diaryl/α,β-unsaturated/α-hetero) is 1. The van der Waals surface area contributed by atoms with E-state index in [0.29, 0.717) is 22.9 Å². The van der Waals surface area contributed by atoms with Crippen molar-refractivity contribution in [1.82, 2.24) is 19.6 Å². The molecule has 0 saturated heterocycles. The Labute approximate surface area is 148 Å². The zero-order valence-electron chi connectivity index (χ0n) is 13.6. The van der Waals surface area contributed by atoms with Crippen LogP contribution in [0, 0.1) is 18.3 Å². The van der Waals surface area contributed by atoms with Crippen molar-refractivity contribution in [2.24, 2.45) is 0 Å². The summed E-state index contributed by atoms with van der Waals surface area (Å²) in [5, 5.41) is 13.7. The maximum atomic E-state index is 12.7. The molecule has 1 aliphatic rings. The molecule has 3 aromatic rings. The second-order valence-electron chi connectivity index (χ2n) is 6.06. The van der Waals surface area contributed by atoms with E-state index < -0.39 is 0 Å². The van der Waals surface area contributed by atoms with Crippen LogP contribution in [0.2, 0.25) is 0 Å². The van der Waals surface area contributed by atoms with Gasteiger partial charge in [0.1, 0.15) is 0 Å². The number of carbonyl (C=O) groups is 1. The summed E-state index contributed by atoms with van der Waals surface area (Å²) >= 11 is 1.27. The van der Waals surface area contributed by atoms with Crippen molar-refractivity contribution < 1.29 is 4.79 Å². The quantitative estimate of drug-likeness (QED) is 0.676. The summed E-state index contributed by atoms with van der Waals surface area (Å²) in [7, 11) is 0. The first-order valence-corrected chi connectivity index (χ1v) is 8.99. The van der Waals surface area contributed by atoms with E-state index in [-0.39, 0.29) is 17.5 Å². The summed E-state index contributed by atoms with van der Waals surface area (Å²) in [6, 6.07) is 10.2. The lowest BCUT2D eigenvalue weighted by Gasteiger charge is -2.25. The van der Waals surface area contributed by atoms with Gasteiger partial charge >= 0.3 is 0 Å². The minimum absolute atomic E-state index is 0.0885. The minimum Gasteiger partial charge on any atom is -0.294 e. The number of benzene rings is 1. The second-order valence-corrected chi connectivity index (χ2v) is 7.00. The molecule has 0 bridgehead atoms. The largest absolute Gasteiger partial charge is 0.294 e. The van der Waals surface area contributed by atoms with Gasteiger partial charge in [-0.25, -0.2) is 4.98 Å². The van der Waals surface area contributed by atoms with Crippen LogP contribution < -0.4 is 0 Å². The normalized spacial score (nSPS) is 16.6. The van der Waals surface area contributed by atoms with Crippen molar-refractivity contribution in [2.75, 3.05) is 5.75 Å². The molecule has 2 heterocycles. The Morgan fingerprint density at radius 3 is 3.00 bits per heavy atom. The number of thioether (sulfide) groups is 1. The van der Waals surface area contributed by atoms with Gasteiger partial charge in [-0.05, 0) is 30.4 Å². The summed E-state index contributed by atoms with van der Waals surface area (Å²) < 4.78 is 1.66. The first-order chi connectivity index (χ1) is 12.2. The Balaban J connectivity index is 1.78. The van der Waals surface area contributed by atoms with Gasteiger partial charge in [-0.15, -0.1) is 5.10 Å². The number of hydrogen-bond donors (Lipinski definition) is 0. The molecule has 0 spiro atoms. The molecule has 0 saturated carbocycles. The second kappa shape index (κ2) is 6.30. The summed E-state index contributed by atoms with van der Waals surface area (Å²) in [6.07, 6.45) is 2.81. The Hall–Kier alpha value is -2.72. The molecule has 25 heavy (non-hydrogen) atoms. The number of rotatable bonds is 3. The highest BCUT2D eigenvalue weighted by Gasteiger charge is 2.30. The Kier molecular flexibility index (Phi) is 3.98. The highest BCUT2D eigenvalue weighted by molar-refractivity contribution is 7.99. The van der Waals surface area contributed by atoms with Gasteiger partial charge in [-0.3, -0.25) is 4.79 Å². The average Bonchev–Trinajstić information content (AvgIpc) is 3.03. The molecule has 4 rings (SSSR count). The molecule has 0 aliphatic heterocycles. The molecule has 1 aliphatic carbocycles. The number of fused-ring (bicyclic) bond motifs is 3. The van der Waals surface area contributed by atoms with Gasteiger partial charge in [0, 0.05) is 12.6 Å². The van der Waals surface area contributed by atoms with Crippen molar-refractivity contribution in [3.05, 3.63) is 52.8 Å². The maximum Gasteiger partial charge on any atom is 0.253 e. The summed E-state index contributed by atoms with van der Waals surface area (Å²) in [5.41, 5.74) is 3.87. The predicted molar refractivity (Wildman–Crippen MR) is 93.7 cm³/mol. The standard InChI is InChI=1S/C18H15N5OS/c1-11-4-2-3-5-13(11)12-8-15-14(16(24)9-12)10-20-17-21-18(22-23(15)17)25-7-6-19/h2-5,10,12H,7-9H2,1H3. The Morgan fingerprint density at radius 1 is 1.36 bits per heavy atom. The third-order valence-corrected chi connectivity index (χ3v) is 5.22. The van der Waals surface area contributed by atoms with Gasteiger partial charge in [0.05, 0.1) is 23.1 Å². The smallest absolute Gasteiger partial charge is 0.253 e. The van der Waals surface area contributed by atoms with Crippen LogP contribution in [0.1, 0.15) is 39.5 Å². The topological polar surface area (TPSA) is 83.9 Å². The molecule has 0 amide bonds. The SMILES string of the molecule is Cc1ccccc1C1CC(=O)c2cnc3nc(SCC#N)nn3c2C1. The lowest BCUT2D eigenvalue weighted by atomic mass is 9.80. The highest BCUT2D eigenvalue weighted by Crippen LogP contribution is 2.34.